The lowest BCUT2D eigenvalue weighted by Gasteiger charge is -2.12. The highest BCUT2D eigenvalue weighted by molar-refractivity contribution is 6.31. The van der Waals surface area contributed by atoms with Crippen molar-refractivity contribution in [3.8, 4) is 11.5 Å². The Labute approximate surface area is 146 Å². The van der Waals surface area contributed by atoms with Gasteiger partial charge in [-0.15, -0.1) is 0 Å². The van der Waals surface area contributed by atoms with Crippen LogP contribution in [0.15, 0.2) is 42.5 Å². The summed E-state index contributed by atoms with van der Waals surface area (Å²) in [5, 5.41) is 3.68. The molecule has 0 spiro atoms. The standard InChI is InChI=1S/C19H20ClNO3/c1-3-24-18-10-12(8-9-17(18)23-2)21-19(22)15-11-14(15)13-6-4-5-7-16(13)20/h4-10,14-15H,3,11H2,1-2H3,(H,21,22). The molecule has 0 aromatic heterocycles. The molecule has 24 heavy (non-hydrogen) atoms. The number of carbonyl (C=O) groups is 1. The van der Waals surface area contributed by atoms with E-state index in [4.69, 9.17) is 21.1 Å². The van der Waals surface area contributed by atoms with Crippen LogP contribution >= 0.6 is 11.6 Å². The maximum atomic E-state index is 12.5. The van der Waals surface area contributed by atoms with Crippen LogP contribution in [0.4, 0.5) is 5.69 Å². The van der Waals surface area contributed by atoms with Crippen LogP contribution in [-0.2, 0) is 4.79 Å². The fourth-order valence-electron chi connectivity index (χ4n) is 2.86. The van der Waals surface area contributed by atoms with Gasteiger partial charge in [0.2, 0.25) is 5.91 Å². The summed E-state index contributed by atoms with van der Waals surface area (Å²) in [5.41, 5.74) is 1.75. The topological polar surface area (TPSA) is 47.6 Å². The van der Waals surface area contributed by atoms with Gasteiger partial charge in [-0.3, -0.25) is 4.79 Å². The minimum Gasteiger partial charge on any atom is -0.493 e. The maximum absolute atomic E-state index is 12.5. The SMILES string of the molecule is CCOc1cc(NC(=O)C2CC2c2ccccc2Cl)ccc1OC. The molecule has 1 amide bonds. The highest BCUT2D eigenvalue weighted by atomic mass is 35.5. The number of benzene rings is 2. The monoisotopic (exact) mass is 345 g/mol. The molecule has 0 saturated heterocycles. The van der Waals surface area contributed by atoms with Gasteiger partial charge in [0.1, 0.15) is 0 Å². The number of nitrogens with one attached hydrogen (secondary N) is 1. The predicted molar refractivity (Wildman–Crippen MR) is 95.1 cm³/mol. The van der Waals surface area contributed by atoms with Crippen molar-refractivity contribution in [3.05, 3.63) is 53.1 Å². The molecule has 2 unspecified atom stereocenters. The zero-order chi connectivity index (χ0) is 17.1. The third-order valence-electron chi connectivity index (χ3n) is 4.16. The third kappa shape index (κ3) is 3.49. The molecule has 0 heterocycles. The Balaban J connectivity index is 1.68. The van der Waals surface area contributed by atoms with Crippen LogP contribution in [0.25, 0.3) is 0 Å². The number of hydrogen-bond acceptors (Lipinski definition) is 3. The largest absolute Gasteiger partial charge is 0.493 e. The Morgan fingerprint density at radius 3 is 2.75 bits per heavy atom. The van der Waals surface area contributed by atoms with Gasteiger partial charge in [-0.25, -0.2) is 0 Å². The van der Waals surface area contributed by atoms with E-state index in [0.29, 0.717) is 23.8 Å². The van der Waals surface area contributed by atoms with Gasteiger partial charge in [0.05, 0.1) is 13.7 Å². The second-order valence-electron chi connectivity index (χ2n) is 5.76. The molecule has 1 aliphatic rings. The van der Waals surface area contributed by atoms with E-state index in [9.17, 15) is 4.79 Å². The molecule has 126 valence electrons. The number of amides is 1. The molecular weight excluding hydrogens is 326 g/mol. The van der Waals surface area contributed by atoms with Gasteiger partial charge in [0.15, 0.2) is 11.5 Å². The van der Waals surface area contributed by atoms with Crippen molar-refractivity contribution in [1.29, 1.82) is 0 Å². The summed E-state index contributed by atoms with van der Waals surface area (Å²) in [4.78, 5) is 12.5. The molecule has 0 radical (unpaired) electrons. The first-order chi connectivity index (χ1) is 11.6. The van der Waals surface area contributed by atoms with Crippen molar-refractivity contribution < 1.29 is 14.3 Å². The van der Waals surface area contributed by atoms with Crippen LogP contribution in [0.5, 0.6) is 11.5 Å². The zero-order valence-electron chi connectivity index (χ0n) is 13.7. The van der Waals surface area contributed by atoms with Gasteiger partial charge in [0, 0.05) is 22.7 Å². The molecule has 1 aliphatic carbocycles. The number of hydrogen-bond donors (Lipinski definition) is 1. The van der Waals surface area contributed by atoms with Gasteiger partial charge < -0.3 is 14.8 Å². The van der Waals surface area contributed by atoms with Crippen LogP contribution in [0.1, 0.15) is 24.8 Å². The van der Waals surface area contributed by atoms with E-state index in [0.717, 1.165) is 17.0 Å². The molecule has 1 fully saturated rings. The summed E-state index contributed by atoms with van der Waals surface area (Å²) in [7, 11) is 1.59. The van der Waals surface area contributed by atoms with E-state index < -0.39 is 0 Å². The summed E-state index contributed by atoms with van der Waals surface area (Å²) in [5.74, 6) is 1.44. The first-order valence-corrected chi connectivity index (χ1v) is 8.38. The van der Waals surface area contributed by atoms with Crippen LogP contribution in [0.2, 0.25) is 5.02 Å². The summed E-state index contributed by atoms with van der Waals surface area (Å²) in [6.45, 7) is 2.44. The van der Waals surface area contributed by atoms with E-state index in [1.807, 2.05) is 37.3 Å². The molecule has 0 aliphatic heterocycles. The van der Waals surface area contributed by atoms with Crippen molar-refractivity contribution in [1.82, 2.24) is 0 Å². The van der Waals surface area contributed by atoms with Crippen LogP contribution in [-0.4, -0.2) is 19.6 Å². The Kier molecular flexibility index (Phi) is 4.95. The fraction of sp³-hybridized carbons (Fsp3) is 0.316. The molecule has 3 rings (SSSR count). The van der Waals surface area contributed by atoms with E-state index in [-0.39, 0.29) is 17.7 Å². The first-order valence-electron chi connectivity index (χ1n) is 8.00. The molecule has 0 bridgehead atoms. The minimum atomic E-state index is -0.0393. The number of ether oxygens (including phenoxy) is 2. The summed E-state index contributed by atoms with van der Waals surface area (Å²) in [6.07, 6.45) is 0.823. The number of carbonyl (C=O) groups excluding carboxylic acids is 1. The van der Waals surface area contributed by atoms with E-state index in [1.54, 1.807) is 19.2 Å². The molecular formula is C19H20ClNO3. The van der Waals surface area contributed by atoms with Gasteiger partial charge in [0.25, 0.3) is 0 Å². The lowest BCUT2D eigenvalue weighted by atomic mass is 10.1. The second-order valence-corrected chi connectivity index (χ2v) is 6.17. The van der Waals surface area contributed by atoms with E-state index in [2.05, 4.69) is 5.32 Å². The Morgan fingerprint density at radius 1 is 1.25 bits per heavy atom. The molecule has 4 nitrogen and oxygen atoms in total. The predicted octanol–water partition coefficient (Wildman–Crippen LogP) is 4.49. The fourth-order valence-corrected chi connectivity index (χ4v) is 3.14. The van der Waals surface area contributed by atoms with E-state index in [1.165, 1.54) is 0 Å². The van der Waals surface area contributed by atoms with Crippen molar-refractivity contribution in [2.75, 3.05) is 19.0 Å². The first kappa shape index (κ1) is 16.7. The van der Waals surface area contributed by atoms with Gasteiger partial charge in [-0.2, -0.15) is 0 Å². The number of halogens is 1. The molecule has 1 N–H and O–H groups in total. The lowest BCUT2D eigenvalue weighted by Crippen LogP contribution is -2.14. The quantitative estimate of drug-likeness (QED) is 0.839. The summed E-state index contributed by atoms with van der Waals surface area (Å²) < 4.78 is 10.8. The van der Waals surface area contributed by atoms with Crippen LogP contribution in [0, 0.1) is 5.92 Å². The molecule has 2 aromatic rings. The number of methoxy groups -OCH3 is 1. The second kappa shape index (κ2) is 7.14. The van der Waals surface area contributed by atoms with Crippen molar-refractivity contribution in [2.45, 2.75) is 19.3 Å². The molecule has 5 heteroatoms. The summed E-state index contributed by atoms with van der Waals surface area (Å²) >= 11 is 6.22. The highest BCUT2D eigenvalue weighted by Crippen LogP contribution is 2.50. The minimum absolute atomic E-state index is 0.00698. The lowest BCUT2D eigenvalue weighted by molar-refractivity contribution is -0.117. The maximum Gasteiger partial charge on any atom is 0.228 e. The zero-order valence-corrected chi connectivity index (χ0v) is 14.5. The third-order valence-corrected chi connectivity index (χ3v) is 4.51. The summed E-state index contributed by atoms with van der Waals surface area (Å²) in [6, 6.07) is 13.1. The van der Waals surface area contributed by atoms with E-state index >= 15 is 0 Å². The Hall–Kier alpha value is -2.20. The number of anilines is 1. The Bertz CT molecular complexity index is 747. The molecule has 1 saturated carbocycles. The van der Waals surface area contributed by atoms with Gasteiger partial charge in [-0.05, 0) is 43.0 Å². The molecule has 2 atom stereocenters. The van der Waals surface area contributed by atoms with Crippen molar-refractivity contribution in [2.24, 2.45) is 5.92 Å². The average molecular weight is 346 g/mol. The smallest absolute Gasteiger partial charge is 0.228 e. The van der Waals surface area contributed by atoms with Gasteiger partial charge >= 0.3 is 0 Å². The highest BCUT2D eigenvalue weighted by Gasteiger charge is 2.44. The molecule has 2 aromatic carbocycles. The normalized spacial score (nSPS) is 18.8. The number of rotatable bonds is 6. The van der Waals surface area contributed by atoms with Crippen molar-refractivity contribution >= 4 is 23.2 Å². The van der Waals surface area contributed by atoms with Crippen LogP contribution in [0.3, 0.4) is 0 Å². The Morgan fingerprint density at radius 2 is 2.04 bits per heavy atom. The average Bonchev–Trinajstić information content (AvgIpc) is 3.36. The van der Waals surface area contributed by atoms with Crippen molar-refractivity contribution in [3.63, 3.8) is 0 Å². The van der Waals surface area contributed by atoms with Crippen LogP contribution < -0.4 is 14.8 Å². The van der Waals surface area contributed by atoms with Gasteiger partial charge in [-0.1, -0.05) is 29.8 Å².